The zero-order valence-corrected chi connectivity index (χ0v) is 23.6. The number of carbonyl (C=O) groups is 1. The third-order valence-electron chi connectivity index (χ3n) is 7.14. The van der Waals surface area contributed by atoms with Gasteiger partial charge in [-0.3, -0.25) is 15.0 Å². The molecule has 1 aliphatic carbocycles. The lowest BCUT2D eigenvalue weighted by atomic mass is 9.96. The number of ether oxygens (including phenoxy) is 1. The number of aromatic nitrogens is 2. The molecule has 2 fully saturated rings. The van der Waals surface area contributed by atoms with Crippen molar-refractivity contribution in [1.29, 1.82) is 0 Å². The number of piperazine rings is 1. The molecule has 1 unspecified atom stereocenters. The van der Waals surface area contributed by atoms with E-state index in [2.05, 4.69) is 49.8 Å². The molecule has 2 N–H and O–H groups in total. The Morgan fingerprint density at radius 3 is 2.36 bits per heavy atom. The Morgan fingerprint density at radius 2 is 1.79 bits per heavy atom. The van der Waals surface area contributed by atoms with Crippen molar-refractivity contribution in [3.63, 3.8) is 0 Å². The molecule has 212 valence electrons. The highest BCUT2D eigenvalue weighted by molar-refractivity contribution is 5.68. The van der Waals surface area contributed by atoms with Crippen LogP contribution in [0.25, 0.3) is 0 Å². The lowest BCUT2D eigenvalue weighted by Crippen LogP contribution is -2.50. The summed E-state index contributed by atoms with van der Waals surface area (Å²) in [6, 6.07) is 8.87. The average molecular weight is 540 g/mol. The van der Waals surface area contributed by atoms with Gasteiger partial charge in [0.1, 0.15) is 11.8 Å². The van der Waals surface area contributed by atoms with Crippen LogP contribution in [0, 0.1) is 16.0 Å². The van der Waals surface area contributed by atoms with Crippen molar-refractivity contribution in [2.45, 2.75) is 71.6 Å². The highest BCUT2D eigenvalue weighted by atomic mass is 16.6. The van der Waals surface area contributed by atoms with E-state index in [-0.39, 0.29) is 23.6 Å². The second kappa shape index (κ2) is 12.1. The fourth-order valence-corrected chi connectivity index (χ4v) is 4.87. The monoisotopic (exact) mass is 539 g/mol. The van der Waals surface area contributed by atoms with Crippen LogP contribution in [-0.2, 0) is 4.74 Å². The second-order valence-electron chi connectivity index (χ2n) is 11.4. The van der Waals surface area contributed by atoms with Crippen LogP contribution in [-0.4, -0.2) is 69.1 Å². The van der Waals surface area contributed by atoms with E-state index >= 15 is 0 Å². The number of benzene rings is 1. The van der Waals surface area contributed by atoms with Gasteiger partial charge in [0.05, 0.1) is 11.0 Å². The summed E-state index contributed by atoms with van der Waals surface area (Å²) in [7, 11) is 0. The van der Waals surface area contributed by atoms with Gasteiger partial charge in [-0.25, -0.2) is 9.78 Å². The molecule has 2 aromatic rings. The van der Waals surface area contributed by atoms with Gasteiger partial charge in [-0.05, 0) is 58.1 Å². The van der Waals surface area contributed by atoms with Crippen LogP contribution >= 0.6 is 0 Å². The fourth-order valence-electron chi connectivity index (χ4n) is 4.87. The van der Waals surface area contributed by atoms with Crippen LogP contribution in [0.3, 0.4) is 0 Å². The average Bonchev–Trinajstić information content (AvgIpc) is 3.71. The normalized spacial score (nSPS) is 17.8. The summed E-state index contributed by atoms with van der Waals surface area (Å²) >= 11 is 0. The zero-order valence-electron chi connectivity index (χ0n) is 23.6. The molecule has 1 aromatic carbocycles. The molecule has 0 bridgehead atoms. The number of rotatable bonds is 10. The summed E-state index contributed by atoms with van der Waals surface area (Å²) in [5.41, 5.74) is 1.72. The minimum absolute atomic E-state index is 0.0887. The zero-order chi connectivity index (χ0) is 28.2. The molecule has 0 spiro atoms. The van der Waals surface area contributed by atoms with Gasteiger partial charge in [0.25, 0.3) is 0 Å². The molecule has 2 aliphatic rings. The molecule has 1 amide bonds. The maximum atomic E-state index is 12.5. The molecule has 1 saturated carbocycles. The van der Waals surface area contributed by atoms with Gasteiger partial charge >= 0.3 is 11.8 Å². The van der Waals surface area contributed by atoms with Gasteiger partial charge in [-0.2, -0.15) is 4.98 Å². The highest BCUT2D eigenvalue weighted by Gasteiger charge is 2.33. The number of nitrogens with zero attached hydrogens (tertiary/aromatic N) is 5. The van der Waals surface area contributed by atoms with Crippen LogP contribution < -0.4 is 10.6 Å². The molecule has 0 radical (unpaired) electrons. The molecule has 1 aromatic heterocycles. The van der Waals surface area contributed by atoms with E-state index in [0.717, 1.165) is 31.0 Å². The number of nitrogens with one attached hydrogen (secondary N) is 2. The van der Waals surface area contributed by atoms with Crippen LogP contribution in [0.1, 0.15) is 77.1 Å². The first-order valence-corrected chi connectivity index (χ1v) is 13.9. The standard InChI is InChI=1S/C28H41N7O4/c1-6-29-25-24(35(37)38)18-30-26(32-25)31-19(2)21-9-11-22(12-10-21)23(17-20-7-8-20)33-13-15-34(16-14-33)27(36)39-28(3,4)5/h9-12,18-20,23H,6-8,13-17H2,1-5H3,(H2,29,30,31,32)/t19-,23?/m0/s1. The summed E-state index contributed by atoms with van der Waals surface area (Å²) in [5.74, 6) is 1.31. The molecule has 4 rings (SSSR count). The molecule has 11 heteroatoms. The molecule has 11 nitrogen and oxygen atoms in total. The Kier molecular flexibility index (Phi) is 8.89. The fraction of sp³-hybridized carbons (Fsp3) is 0.607. The predicted octanol–water partition coefficient (Wildman–Crippen LogP) is 5.38. The van der Waals surface area contributed by atoms with Crippen LogP contribution in [0.15, 0.2) is 30.5 Å². The van der Waals surface area contributed by atoms with Crippen molar-refractivity contribution in [2.75, 3.05) is 43.4 Å². The lowest BCUT2D eigenvalue weighted by molar-refractivity contribution is -0.384. The Labute approximate surface area is 230 Å². The van der Waals surface area contributed by atoms with Crippen molar-refractivity contribution in [1.82, 2.24) is 19.8 Å². The van der Waals surface area contributed by atoms with E-state index in [0.29, 0.717) is 31.6 Å². The van der Waals surface area contributed by atoms with E-state index in [4.69, 9.17) is 4.74 Å². The SMILES string of the molecule is CCNc1nc(N[C@@H](C)c2ccc(C(CC3CC3)N3CCN(C(=O)OC(C)(C)C)CC3)cc2)ncc1[N+](=O)[O-]. The van der Waals surface area contributed by atoms with Crippen LogP contribution in [0.4, 0.5) is 22.2 Å². The van der Waals surface area contributed by atoms with Gasteiger partial charge in [-0.15, -0.1) is 0 Å². The first kappa shape index (κ1) is 28.5. The number of hydrogen-bond acceptors (Lipinski definition) is 9. The first-order chi connectivity index (χ1) is 18.5. The van der Waals surface area contributed by atoms with Crippen molar-refractivity contribution < 1.29 is 14.5 Å². The van der Waals surface area contributed by atoms with Crippen molar-refractivity contribution >= 4 is 23.5 Å². The summed E-state index contributed by atoms with van der Waals surface area (Å²) in [4.78, 5) is 36.1. The molecule has 1 aliphatic heterocycles. The highest BCUT2D eigenvalue weighted by Crippen LogP contribution is 2.40. The van der Waals surface area contributed by atoms with Crippen LogP contribution in [0.2, 0.25) is 0 Å². The van der Waals surface area contributed by atoms with Gasteiger partial charge in [0.2, 0.25) is 11.8 Å². The van der Waals surface area contributed by atoms with E-state index in [1.54, 1.807) is 0 Å². The van der Waals surface area contributed by atoms with Gasteiger partial charge in [0, 0.05) is 38.8 Å². The molecular formula is C28H41N7O4. The molecule has 2 atom stereocenters. The van der Waals surface area contributed by atoms with Gasteiger partial charge in [-0.1, -0.05) is 37.1 Å². The first-order valence-electron chi connectivity index (χ1n) is 13.9. The van der Waals surface area contributed by atoms with Crippen molar-refractivity contribution in [3.8, 4) is 0 Å². The maximum Gasteiger partial charge on any atom is 0.410 e. The summed E-state index contributed by atoms with van der Waals surface area (Å²) in [6.45, 7) is 13.1. The Morgan fingerprint density at radius 1 is 1.15 bits per heavy atom. The Balaban J connectivity index is 1.41. The number of amides is 1. The predicted molar refractivity (Wildman–Crippen MR) is 151 cm³/mol. The summed E-state index contributed by atoms with van der Waals surface area (Å²) in [5, 5.41) is 17.5. The minimum Gasteiger partial charge on any atom is -0.444 e. The third kappa shape index (κ3) is 7.78. The Bertz CT molecular complexity index is 1140. The lowest BCUT2D eigenvalue weighted by Gasteiger charge is -2.40. The smallest absolute Gasteiger partial charge is 0.410 e. The molecule has 2 heterocycles. The number of hydrogen-bond donors (Lipinski definition) is 2. The van der Waals surface area contributed by atoms with E-state index in [1.165, 1.54) is 24.6 Å². The number of carbonyl (C=O) groups excluding carboxylic acids is 1. The Hall–Kier alpha value is -3.47. The molecule has 1 saturated heterocycles. The molecular weight excluding hydrogens is 498 g/mol. The minimum atomic E-state index is -0.490. The van der Waals surface area contributed by atoms with E-state index in [1.807, 2.05) is 39.5 Å². The third-order valence-corrected chi connectivity index (χ3v) is 7.14. The van der Waals surface area contributed by atoms with Gasteiger partial charge in [0.15, 0.2) is 0 Å². The summed E-state index contributed by atoms with van der Waals surface area (Å²) in [6.07, 6.45) is 4.70. The molecule has 39 heavy (non-hydrogen) atoms. The largest absolute Gasteiger partial charge is 0.444 e. The maximum absolute atomic E-state index is 12.5. The number of anilines is 2. The van der Waals surface area contributed by atoms with E-state index in [9.17, 15) is 14.9 Å². The van der Waals surface area contributed by atoms with Crippen LogP contribution in [0.5, 0.6) is 0 Å². The second-order valence-corrected chi connectivity index (χ2v) is 11.4. The van der Waals surface area contributed by atoms with E-state index < -0.39 is 10.5 Å². The summed E-state index contributed by atoms with van der Waals surface area (Å²) < 4.78 is 5.57. The van der Waals surface area contributed by atoms with Gasteiger partial charge < -0.3 is 20.3 Å². The number of nitro groups is 1. The van der Waals surface area contributed by atoms with Crippen molar-refractivity contribution in [3.05, 3.63) is 51.7 Å². The topological polar surface area (TPSA) is 126 Å². The van der Waals surface area contributed by atoms with Crippen molar-refractivity contribution in [2.24, 2.45) is 5.92 Å². The quantitative estimate of drug-likeness (QED) is 0.302.